The van der Waals surface area contributed by atoms with Crippen LogP contribution < -0.4 is 0 Å². The fourth-order valence-electron chi connectivity index (χ4n) is 1.73. The van der Waals surface area contributed by atoms with Crippen LogP contribution in [0.1, 0.15) is 67.7 Å². The van der Waals surface area contributed by atoms with E-state index in [-0.39, 0.29) is 11.3 Å². The summed E-state index contributed by atoms with van der Waals surface area (Å²) < 4.78 is 23.9. The molecule has 0 spiro atoms. The zero-order chi connectivity index (χ0) is 13.9. The maximum atomic E-state index is 12.3. The third kappa shape index (κ3) is 5.41. The van der Waals surface area contributed by atoms with Crippen LogP contribution in [0.3, 0.4) is 0 Å². The Hall–Kier alpha value is -0.0500. The molecular weight excluding hydrogens is 232 g/mol. The van der Waals surface area contributed by atoms with Gasteiger partial charge in [0.1, 0.15) is 0 Å². The highest BCUT2D eigenvalue weighted by Crippen LogP contribution is 2.33. The number of hydrogen-bond acceptors (Lipinski definition) is 2. The fourth-order valence-corrected chi connectivity index (χ4v) is 3.43. The molecule has 0 aromatic heterocycles. The molecule has 0 aromatic rings. The van der Waals surface area contributed by atoms with E-state index in [9.17, 15) is 8.42 Å². The van der Waals surface area contributed by atoms with Gasteiger partial charge in [0, 0.05) is 0 Å². The van der Waals surface area contributed by atoms with Crippen LogP contribution in [-0.2, 0) is 9.84 Å². The summed E-state index contributed by atoms with van der Waals surface area (Å²) in [6, 6.07) is 0. The minimum absolute atomic E-state index is 0.0630. The molecule has 1 atom stereocenters. The predicted octanol–water partition coefficient (Wildman–Crippen LogP) is 4.05. The van der Waals surface area contributed by atoms with E-state index >= 15 is 0 Å². The molecule has 0 aliphatic carbocycles. The van der Waals surface area contributed by atoms with Crippen LogP contribution >= 0.6 is 0 Å². The van der Waals surface area contributed by atoms with Crippen molar-refractivity contribution in [3.05, 3.63) is 0 Å². The molecule has 0 aliphatic rings. The van der Waals surface area contributed by atoms with Gasteiger partial charge < -0.3 is 0 Å². The Balaban J connectivity index is 4.89. The molecule has 0 saturated carbocycles. The van der Waals surface area contributed by atoms with Crippen molar-refractivity contribution in [1.29, 1.82) is 0 Å². The Morgan fingerprint density at radius 1 is 1.00 bits per heavy atom. The first-order valence-electron chi connectivity index (χ1n) is 6.64. The SMILES string of the molecule is CCCCC(CS(=O)(=O)C(C)(C)C)C(C)(C)C. The maximum Gasteiger partial charge on any atom is 0.155 e. The summed E-state index contributed by atoms with van der Waals surface area (Å²) in [5, 5.41) is 0. The van der Waals surface area contributed by atoms with Crippen molar-refractivity contribution in [3.8, 4) is 0 Å². The summed E-state index contributed by atoms with van der Waals surface area (Å²) in [7, 11) is -3.01. The second kappa shape index (κ2) is 5.73. The molecule has 1 unspecified atom stereocenters. The Labute approximate surface area is 108 Å². The van der Waals surface area contributed by atoms with Gasteiger partial charge >= 0.3 is 0 Å². The van der Waals surface area contributed by atoms with E-state index in [0.29, 0.717) is 5.75 Å². The van der Waals surface area contributed by atoms with E-state index < -0.39 is 14.6 Å². The number of unbranched alkanes of at least 4 members (excludes halogenated alkanes) is 1. The third-order valence-corrected chi connectivity index (χ3v) is 6.19. The van der Waals surface area contributed by atoms with Crippen molar-refractivity contribution in [2.45, 2.75) is 72.5 Å². The van der Waals surface area contributed by atoms with Gasteiger partial charge in [-0.15, -0.1) is 0 Å². The molecule has 0 heterocycles. The molecule has 0 N–H and O–H groups in total. The lowest BCUT2D eigenvalue weighted by atomic mass is 9.79. The van der Waals surface area contributed by atoms with Crippen LogP contribution in [0.2, 0.25) is 0 Å². The highest BCUT2D eigenvalue weighted by molar-refractivity contribution is 7.92. The molecule has 3 heteroatoms. The van der Waals surface area contributed by atoms with Crippen molar-refractivity contribution in [3.63, 3.8) is 0 Å². The van der Waals surface area contributed by atoms with E-state index in [1.54, 1.807) is 20.8 Å². The van der Waals surface area contributed by atoms with Crippen molar-refractivity contribution in [2.24, 2.45) is 11.3 Å². The minimum atomic E-state index is -3.01. The molecule has 0 amide bonds. The molecule has 0 radical (unpaired) electrons. The minimum Gasteiger partial charge on any atom is -0.228 e. The van der Waals surface area contributed by atoms with Gasteiger partial charge in [-0.2, -0.15) is 0 Å². The summed E-state index contributed by atoms with van der Waals surface area (Å²) in [5.74, 6) is 0.576. The maximum absolute atomic E-state index is 12.3. The fraction of sp³-hybridized carbons (Fsp3) is 1.00. The summed E-state index contributed by atoms with van der Waals surface area (Å²) in [6.07, 6.45) is 3.25. The van der Waals surface area contributed by atoms with E-state index in [1.807, 2.05) is 0 Å². The zero-order valence-corrected chi connectivity index (χ0v) is 13.4. The first-order chi connectivity index (χ1) is 7.42. The Morgan fingerprint density at radius 3 is 1.76 bits per heavy atom. The highest BCUT2D eigenvalue weighted by atomic mass is 32.2. The molecule has 2 nitrogen and oxygen atoms in total. The normalized spacial score (nSPS) is 15.9. The molecule has 0 saturated heterocycles. The monoisotopic (exact) mass is 262 g/mol. The molecule has 0 fully saturated rings. The largest absolute Gasteiger partial charge is 0.228 e. The van der Waals surface area contributed by atoms with Crippen molar-refractivity contribution >= 4 is 9.84 Å². The van der Waals surface area contributed by atoms with Crippen LogP contribution in [0.5, 0.6) is 0 Å². The third-order valence-electron chi connectivity index (χ3n) is 3.48. The lowest BCUT2D eigenvalue weighted by Gasteiger charge is -2.33. The van der Waals surface area contributed by atoms with Gasteiger partial charge in [0.25, 0.3) is 0 Å². The standard InChI is InChI=1S/C14H30O2S/c1-8-9-10-12(13(2,3)4)11-17(15,16)14(5,6)7/h12H,8-11H2,1-7H3. The quantitative estimate of drug-likeness (QED) is 0.749. The molecule has 0 bridgehead atoms. The highest BCUT2D eigenvalue weighted by Gasteiger charge is 2.35. The average Bonchev–Trinajstić information content (AvgIpc) is 2.08. The van der Waals surface area contributed by atoms with Crippen LogP contribution in [0, 0.1) is 11.3 Å². The first-order valence-corrected chi connectivity index (χ1v) is 8.29. The van der Waals surface area contributed by atoms with Gasteiger partial charge in [-0.05, 0) is 38.5 Å². The number of sulfone groups is 1. The smallest absolute Gasteiger partial charge is 0.155 e. The Morgan fingerprint density at radius 2 is 1.47 bits per heavy atom. The van der Waals surface area contributed by atoms with Crippen molar-refractivity contribution in [2.75, 3.05) is 5.75 Å². The number of rotatable bonds is 5. The van der Waals surface area contributed by atoms with Gasteiger partial charge in [0.2, 0.25) is 0 Å². The summed E-state index contributed by atoms with van der Waals surface area (Å²) in [5.41, 5.74) is 0.0630. The molecule has 0 aromatic carbocycles. The Kier molecular flexibility index (Phi) is 5.71. The van der Waals surface area contributed by atoms with Crippen LogP contribution in [0.4, 0.5) is 0 Å². The molecule has 0 aliphatic heterocycles. The molecule has 17 heavy (non-hydrogen) atoms. The van der Waals surface area contributed by atoms with E-state index in [1.165, 1.54) is 0 Å². The van der Waals surface area contributed by atoms with Crippen molar-refractivity contribution < 1.29 is 8.42 Å². The van der Waals surface area contributed by atoms with Crippen LogP contribution in [0.25, 0.3) is 0 Å². The van der Waals surface area contributed by atoms with Gasteiger partial charge in [-0.25, -0.2) is 8.42 Å². The predicted molar refractivity (Wildman–Crippen MR) is 76.0 cm³/mol. The summed E-state index contributed by atoms with van der Waals surface area (Å²) in [4.78, 5) is 0. The van der Waals surface area contributed by atoms with E-state index in [0.717, 1.165) is 19.3 Å². The molecule has 0 rings (SSSR count). The average molecular weight is 262 g/mol. The van der Waals surface area contributed by atoms with Gasteiger partial charge in [0.15, 0.2) is 9.84 Å². The number of hydrogen-bond donors (Lipinski definition) is 0. The summed E-state index contributed by atoms with van der Waals surface area (Å²) in [6.45, 7) is 14.0. The van der Waals surface area contributed by atoms with E-state index in [4.69, 9.17) is 0 Å². The van der Waals surface area contributed by atoms with Gasteiger partial charge in [0.05, 0.1) is 10.5 Å². The zero-order valence-electron chi connectivity index (χ0n) is 12.6. The van der Waals surface area contributed by atoms with Crippen molar-refractivity contribution in [1.82, 2.24) is 0 Å². The molecular formula is C14H30O2S. The topological polar surface area (TPSA) is 34.1 Å². The second-order valence-corrected chi connectivity index (χ2v) is 9.89. The first kappa shape index (κ1) is 16.9. The van der Waals surface area contributed by atoms with Crippen LogP contribution in [0.15, 0.2) is 0 Å². The molecule has 104 valence electrons. The van der Waals surface area contributed by atoms with Gasteiger partial charge in [-0.1, -0.05) is 40.5 Å². The van der Waals surface area contributed by atoms with Gasteiger partial charge in [-0.3, -0.25) is 0 Å². The lowest BCUT2D eigenvalue weighted by Crippen LogP contribution is -2.37. The summed E-state index contributed by atoms with van der Waals surface area (Å²) >= 11 is 0. The Bertz CT molecular complexity index is 315. The second-order valence-electron chi connectivity index (χ2n) is 7.10. The van der Waals surface area contributed by atoms with E-state index in [2.05, 4.69) is 27.7 Å². The van der Waals surface area contributed by atoms with Crippen LogP contribution in [-0.4, -0.2) is 18.9 Å². The lowest BCUT2D eigenvalue weighted by molar-refractivity contribution is 0.243.